The predicted molar refractivity (Wildman–Crippen MR) is 164 cm³/mol. The van der Waals surface area contributed by atoms with Crippen LogP contribution in [-0.4, -0.2) is 89.7 Å². The molecule has 1 aliphatic rings. The molecule has 1 aliphatic heterocycles. The molecule has 45 heavy (non-hydrogen) atoms. The number of aromatic nitrogens is 3. The molecule has 10 nitrogen and oxygen atoms in total. The fourth-order valence-electron chi connectivity index (χ4n) is 5.87. The molecule has 0 radical (unpaired) electrons. The first-order chi connectivity index (χ1) is 21.5. The molecule has 0 bridgehead atoms. The molecule has 5 heterocycles. The van der Waals surface area contributed by atoms with E-state index in [2.05, 4.69) is 24.6 Å². The highest BCUT2D eigenvalue weighted by atomic mass is 19.4. The van der Waals surface area contributed by atoms with E-state index in [0.29, 0.717) is 67.6 Å². The van der Waals surface area contributed by atoms with Crippen LogP contribution in [0.2, 0.25) is 0 Å². The molecule has 240 valence electrons. The topological polar surface area (TPSA) is 104 Å². The maximum absolute atomic E-state index is 13.7. The van der Waals surface area contributed by atoms with Gasteiger partial charge in [0, 0.05) is 80.1 Å². The lowest BCUT2D eigenvalue weighted by Crippen LogP contribution is -2.49. The monoisotopic (exact) mass is 626 g/mol. The first-order valence-electron chi connectivity index (χ1n) is 14.7. The van der Waals surface area contributed by atoms with Crippen molar-refractivity contribution in [2.24, 2.45) is 0 Å². The summed E-state index contributed by atoms with van der Waals surface area (Å²) >= 11 is 0. The van der Waals surface area contributed by atoms with E-state index in [-0.39, 0.29) is 18.0 Å². The number of pyridine rings is 3. The smallest absolute Gasteiger partial charge is 0.401 e. The summed E-state index contributed by atoms with van der Waals surface area (Å²) < 4.78 is 51.4. The van der Waals surface area contributed by atoms with Crippen LogP contribution in [0.4, 0.5) is 13.2 Å². The van der Waals surface area contributed by atoms with Gasteiger partial charge in [-0.15, -0.1) is 0 Å². The van der Waals surface area contributed by atoms with Gasteiger partial charge in [0.15, 0.2) is 0 Å². The number of carbonyl (C=O) groups is 1. The summed E-state index contributed by atoms with van der Waals surface area (Å²) in [5, 5.41) is 2.90. The maximum Gasteiger partial charge on any atom is 0.401 e. The Labute approximate surface area is 258 Å². The largest absolute Gasteiger partial charge is 0.496 e. The number of ether oxygens (including phenoxy) is 2. The second kappa shape index (κ2) is 13.3. The standard InChI is InChI=1S/C32H37F3N6O4/c1-20-15-28(44-3)25(31(43)38-20)18-37-30(42)24-17-27-23(22-5-8-36-29(16-22)45-4)6-10-41(27)26(21(24)2)7-9-39-11-13-40(14-12-39)19-32(33,34)35/h5-6,8,10,15-17H,7,9,11-14,18-19H2,1-4H3,(H,37,42)(H,38,43). The van der Waals surface area contributed by atoms with E-state index in [1.807, 2.05) is 37.4 Å². The normalized spacial score (nSPS) is 14.6. The zero-order valence-electron chi connectivity index (χ0n) is 25.8. The molecule has 1 amide bonds. The Morgan fingerprint density at radius 2 is 1.78 bits per heavy atom. The molecule has 1 saturated heterocycles. The first kappa shape index (κ1) is 32.0. The average Bonchev–Trinajstić information content (AvgIpc) is 3.43. The lowest BCUT2D eigenvalue weighted by molar-refractivity contribution is -0.149. The minimum absolute atomic E-state index is 0.0325. The van der Waals surface area contributed by atoms with Gasteiger partial charge in [0.2, 0.25) is 5.88 Å². The van der Waals surface area contributed by atoms with Gasteiger partial charge in [-0.25, -0.2) is 4.98 Å². The van der Waals surface area contributed by atoms with Crippen molar-refractivity contribution in [2.75, 3.05) is 53.5 Å². The molecule has 4 aromatic heterocycles. The van der Waals surface area contributed by atoms with E-state index in [1.165, 1.54) is 12.0 Å². The summed E-state index contributed by atoms with van der Waals surface area (Å²) in [5.41, 5.74) is 5.30. The van der Waals surface area contributed by atoms with E-state index < -0.39 is 12.7 Å². The van der Waals surface area contributed by atoms with E-state index in [9.17, 15) is 22.8 Å². The maximum atomic E-state index is 13.7. The quantitative estimate of drug-likeness (QED) is 0.275. The number of H-pyrrole nitrogens is 1. The van der Waals surface area contributed by atoms with Crippen LogP contribution < -0.4 is 20.3 Å². The number of amides is 1. The van der Waals surface area contributed by atoms with Crippen molar-refractivity contribution in [3.8, 4) is 22.8 Å². The van der Waals surface area contributed by atoms with Crippen LogP contribution in [-0.2, 0) is 13.0 Å². The summed E-state index contributed by atoms with van der Waals surface area (Å²) in [6.45, 7) is 5.07. The van der Waals surface area contributed by atoms with E-state index in [4.69, 9.17) is 9.47 Å². The third-order valence-corrected chi connectivity index (χ3v) is 8.24. The fraction of sp³-hybridized carbons (Fsp3) is 0.406. The van der Waals surface area contributed by atoms with E-state index in [0.717, 1.165) is 27.9 Å². The molecule has 0 aromatic carbocycles. The fourth-order valence-corrected chi connectivity index (χ4v) is 5.87. The van der Waals surface area contributed by atoms with Gasteiger partial charge in [0.05, 0.1) is 38.4 Å². The molecule has 5 rings (SSSR count). The van der Waals surface area contributed by atoms with Gasteiger partial charge in [-0.05, 0) is 49.2 Å². The summed E-state index contributed by atoms with van der Waals surface area (Å²) in [4.78, 5) is 36.9. The molecule has 2 N–H and O–H groups in total. The number of hydrogen-bond donors (Lipinski definition) is 2. The number of carbonyl (C=O) groups excluding carboxylic acids is 1. The SMILES string of the molecule is COc1cc(-c2ccn3c(CCN4CCN(CC(F)(F)F)CC4)c(C)c(C(=O)NCc4c(OC)cc(C)[nH]c4=O)cc23)ccn1. The summed E-state index contributed by atoms with van der Waals surface area (Å²) in [6.07, 6.45) is -0.0260. The van der Waals surface area contributed by atoms with Crippen molar-refractivity contribution in [1.29, 1.82) is 0 Å². The summed E-state index contributed by atoms with van der Waals surface area (Å²) in [5.74, 6) is 0.498. The number of hydrogen-bond acceptors (Lipinski definition) is 7. The van der Waals surface area contributed by atoms with Gasteiger partial charge in [-0.2, -0.15) is 13.2 Å². The zero-order valence-corrected chi connectivity index (χ0v) is 25.8. The summed E-state index contributed by atoms with van der Waals surface area (Å²) in [6, 6.07) is 9.21. The van der Waals surface area contributed by atoms with Crippen molar-refractivity contribution in [3.05, 3.63) is 81.2 Å². The van der Waals surface area contributed by atoms with Crippen LogP contribution in [0.25, 0.3) is 16.6 Å². The Balaban J connectivity index is 1.45. The van der Waals surface area contributed by atoms with Crippen LogP contribution in [0.15, 0.2) is 47.5 Å². The Hall–Kier alpha value is -4.36. The van der Waals surface area contributed by atoms with Gasteiger partial charge < -0.3 is 29.1 Å². The Morgan fingerprint density at radius 1 is 1.04 bits per heavy atom. The van der Waals surface area contributed by atoms with Crippen LogP contribution in [0.3, 0.4) is 0 Å². The lowest BCUT2D eigenvalue weighted by atomic mass is 10.0. The van der Waals surface area contributed by atoms with Gasteiger partial charge >= 0.3 is 6.18 Å². The van der Waals surface area contributed by atoms with Crippen molar-refractivity contribution in [1.82, 2.24) is 29.5 Å². The van der Waals surface area contributed by atoms with Gasteiger partial charge in [0.25, 0.3) is 11.5 Å². The zero-order chi connectivity index (χ0) is 32.3. The van der Waals surface area contributed by atoms with Gasteiger partial charge in [-0.1, -0.05) is 0 Å². The highest BCUT2D eigenvalue weighted by molar-refractivity contribution is 5.98. The lowest BCUT2D eigenvalue weighted by Gasteiger charge is -2.35. The number of methoxy groups -OCH3 is 2. The number of piperazine rings is 1. The number of rotatable bonds is 10. The van der Waals surface area contributed by atoms with Crippen molar-refractivity contribution in [2.45, 2.75) is 33.0 Å². The van der Waals surface area contributed by atoms with Crippen LogP contribution in [0.1, 0.15) is 32.9 Å². The molecule has 0 aliphatic carbocycles. The third kappa shape index (κ3) is 7.31. The number of aryl methyl sites for hydroxylation is 1. The van der Waals surface area contributed by atoms with Crippen LogP contribution in [0, 0.1) is 13.8 Å². The molecule has 0 saturated carbocycles. The molecular formula is C32H37F3N6O4. The van der Waals surface area contributed by atoms with Crippen molar-refractivity contribution in [3.63, 3.8) is 0 Å². The van der Waals surface area contributed by atoms with Crippen LogP contribution >= 0.6 is 0 Å². The second-order valence-corrected chi connectivity index (χ2v) is 11.2. The Morgan fingerprint density at radius 3 is 2.47 bits per heavy atom. The minimum atomic E-state index is -4.21. The predicted octanol–water partition coefficient (Wildman–Crippen LogP) is 3.98. The number of alkyl halides is 3. The number of aromatic amines is 1. The van der Waals surface area contributed by atoms with Crippen LogP contribution in [0.5, 0.6) is 11.6 Å². The highest BCUT2D eigenvalue weighted by Crippen LogP contribution is 2.31. The Kier molecular flexibility index (Phi) is 9.49. The number of halogens is 3. The Bertz CT molecular complexity index is 1740. The first-order valence-corrected chi connectivity index (χ1v) is 14.7. The summed E-state index contributed by atoms with van der Waals surface area (Å²) in [7, 11) is 3.02. The molecule has 4 aromatic rings. The minimum Gasteiger partial charge on any atom is -0.496 e. The molecule has 13 heteroatoms. The number of nitrogens with zero attached hydrogens (tertiary/aromatic N) is 4. The molecule has 0 spiro atoms. The van der Waals surface area contributed by atoms with Crippen molar-refractivity contribution >= 4 is 11.4 Å². The molecular weight excluding hydrogens is 589 g/mol. The highest BCUT2D eigenvalue weighted by Gasteiger charge is 2.32. The van der Waals surface area contributed by atoms with Gasteiger partial charge in [-0.3, -0.25) is 14.5 Å². The molecule has 1 fully saturated rings. The number of fused-ring (bicyclic) bond motifs is 1. The van der Waals surface area contributed by atoms with E-state index >= 15 is 0 Å². The molecule has 0 atom stereocenters. The molecule has 0 unspecified atom stereocenters. The van der Waals surface area contributed by atoms with Crippen molar-refractivity contribution < 1.29 is 27.4 Å². The second-order valence-electron chi connectivity index (χ2n) is 11.2. The van der Waals surface area contributed by atoms with Gasteiger partial charge in [0.1, 0.15) is 5.75 Å². The third-order valence-electron chi connectivity index (χ3n) is 8.24. The number of nitrogens with one attached hydrogen (secondary N) is 2. The van der Waals surface area contributed by atoms with E-state index in [1.54, 1.807) is 26.3 Å². The average molecular weight is 627 g/mol.